The van der Waals surface area contributed by atoms with Crippen LogP contribution >= 0.6 is 0 Å². The zero-order valence-corrected chi connectivity index (χ0v) is 44.1. The van der Waals surface area contributed by atoms with E-state index >= 15 is 0 Å². The van der Waals surface area contributed by atoms with Gasteiger partial charge in [-0.15, -0.1) is 20.5 Å². The van der Waals surface area contributed by atoms with E-state index in [1.165, 1.54) is 0 Å². The molecule has 4 N–H and O–H groups in total. The van der Waals surface area contributed by atoms with Gasteiger partial charge in [0.15, 0.2) is 0 Å². The number of benzene rings is 4. The molecule has 0 bridgehead atoms. The first kappa shape index (κ1) is 76.8. The van der Waals surface area contributed by atoms with Crippen molar-refractivity contribution in [2.45, 2.75) is 27.7 Å². The van der Waals surface area contributed by atoms with E-state index in [0.717, 1.165) is 75.2 Å². The van der Waals surface area contributed by atoms with Crippen molar-refractivity contribution < 1.29 is 152 Å². The van der Waals surface area contributed by atoms with Gasteiger partial charge in [-0.1, -0.05) is 120 Å². The Labute approximate surface area is 461 Å². The molecule has 21 nitrogen and oxygen atoms in total. The van der Waals surface area contributed by atoms with Gasteiger partial charge in [-0.05, 0) is 49.9 Å². The van der Waals surface area contributed by atoms with Crippen molar-refractivity contribution in [2.75, 3.05) is 78.5 Å². The Kier molecular flexibility index (Phi) is 48.0. The van der Waals surface area contributed by atoms with Crippen LogP contribution in [0.3, 0.4) is 0 Å². The van der Waals surface area contributed by atoms with Gasteiger partial charge in [-0.25, -0.2) is 37.3 Å². The number of hydrogen-bond acceptors (Lipinski definition) is 20. The third-order valence-corrected chi connectivity index (χ3v) is 8.61. The van der Waals surface area contributed by atoms with E-state index in [9.17, 15) is 20.4 Å². The van der Waals surface area contributed by atoms with Crippen molar-refractivity contribution in [1.82, 2.24) is 21.3 Å². The fourth-order valence-electron chi connectivity index (χ4n) is 5.47. The first-order valence-electron chi connectivity index (χ1n) is 20.3. The van der Waals surface area contributed by atoms with E-state index in [1.54, 1.807) is 72.8 Å². The Balaban J connectivity index is -0.000000323. The molecule has 27 heteroatoms. The average Bonchev–Trinajstić information content (AvgIpc) is 3.24. The van der Waals surface area contributed by atoms with Gasteiger partial charge in [0.2, 0.25) is 0 Å². The van der Waals surface area contributed by atoms with Crippen molar-refractivity contribution in [2.24, 2.45) is 20.0 Å². The number of aliphatic imine (C=N–C) groups is 4. The van der Waals surface area contributed by atoms with E-state index in [1.807, 2.05) is 52.0 Å². The van der Waals surface area contributed by atoms with Gasteiger partial charge in [0.05, 0.1) is 26.2 Å². The van der Waals surface area contributed by atoms with E-state index in [-0.39, 0.29) is 96.7 Å². The van der Waals surface area contributed by atoms with E-state index in [2.05, 4.69) is 41.2 Å². The summed E-state index contributed by atoms with van der Waals surface area (Å²) in [6.07, 6.45) is 0. The van der Waals surface area contributed by atoms with Crippen LogP contribution in [0.1, 0.15) is 49.9 Å². The van der Waals surface area contributed by atoms with E-state index in [4.69, 9.17) is 37.3 Å². The topological polar surface area (TPSA) is 403 Å². The number of para-hydroxylation sites is 4. The quantitative estimate of drug-likeness (QED) is 0.0323. The van der Waals surface area contributed by atoms with Crippen LogP contribution in [0.4, 0.5) is 0 Å². The van der Waals surface area contributed by atoms with Gasteiger partial charge in [0.25, 0.3) is 0 Å². The van der Waals surface area contributed by atoms with Crippen LogP contribution in [-0.4, -0.2) is 101 Å². The molecule has 0 amide bonds. The second-order valence-electron chi connectivity index (χ2n) is 13.6. The molecule has 4 aromatic rings. The molecule has 0 aromatic heterocycles. The van der Waals surface area contributed by atoms with Crippen LogP contribution in [0.25, 0.3) is 0 Å². The van der Waals surface area contributed by atoms with Crippen LogP contribution in [0.5, 0.6) is 23.0 Å². The molecule has 0 aliphatic carbocycles. The fourth-order valence-corrected chi connectivity index (χ4v) is 5.47. The van der Waals surface area contributed by atoms with Crippen LogP contribution in [0.15, 0.2) is 117 Å². The van der Waals surface area contributed by atoms with Gasteiger partial charge in [0.1, 0.15) is 0 Å². The molecular formula is C44H56Cl2Cu4N8O13. The van der Waals surface area contributed by atoms with Crippen molar-refractivity contribution >= 4 is 22.8 Å². The summed E-state index contributed by atoms with van der Waals surface area (Å²) in [5.74, 6) is 0.0465. The molecular weight excluding hydrogens is 1170 g/mol. The third-order valence-electron chi connectivity index (χ3n) is 8.61. The maximum absolute atomic E-state index is 11.7. The first-order chi connectivity index (χ1) is 31.2. The van der Waals surface area contributed by atoms with Crippen molar-refractivity contribution in [3.05, 3.63) is 119 Å². The molecule has 0 aliphatic rings. The molecule has 0 spiro atoms. The summed E-state index contributed by atoms with van der Waals surface area (Å²) in [6, 6.07) is 27.8. The molecule has 4 aromatic carbocycles. The summed E-state index contributed by atoms with van der Waals surface area (Å²) in [6.45, 7) is 16.4. The molecule has 0 saturated carbocycles. The Morgan fingerprint density at radius 1 is 0.338 bits per heavy atom. The number of nitrogens with one attached hydrogen (secondary N) is 4. The fraction of sp³-hybridized carbons (Fsp3) is 0.364. The zero-order chi connectivity index (χ0) is 49.4. The first-order valence-corrected chi connectivity index (χ1v) is 22.8. The second kappa shape index (κ2) is 44.4. The van der Waals surface area contributed by atoms with Crippen molar-refractivity contribution in [3.63, 3.8) is 0 Å². The summed E-state index contributed by atoms with van der Waals surface area (Å²) in [5, 5.41) is 60.2. The standard InChI is InChI=1S/2C22H30N4O2.2ClHO4.4Cu.O/c2*1-17(19-7-3-5-9-21(19)27)25-15-13-23-11-12-24-14-16-26-18(2)20-8-4-6-10-22(20)28;2*2-1(3,4)5;;;;;/h2*3-10,23-24,27-28H,11-16H2,1-2H3;2*(H,2,3,4,5);;;;;/q;;;;4*+2;-2/p-6. The molecule has 0 atom stereocenters. The van der Waals surface area contributed by atoms with Crippen molar-refractivity contribution in [1.29, 1.82) is 0 Å². The maximum Gasteiger partial charge on any atom is 2.00 e. The Morgan fingerprint density at radius 3 is 0.648 bits per heavy atom. The number of rotatable bonds is 22. The Morgan fingerprint density at radius 2 is 0.493 bits per heavy atom. The Bertz CT molecular complexity index is 1830. The molecule has 0 heterocycles. The summed E-state index contributed by atoms with van der Waals surface area (Å²) in [5.41, 5.74) is 5.77. The normalized spacial score (nSPS) is 11.4. The molecule has 71 heavy (non-hydrogen) atoms. The predicted molar refractivity (Wildman–Crippen MR) is 224 cm³/mol. The van der Waals surface area contributed by atoms with Gasteiger partial charge in [0, 0.05) is 75.2 Å². The third kappa shape index (κ3) is 41.0. The van der Waals surface area contributed by atoms with Crippen LogP contribution in [-0.2, 0) is 73.8 Å². The van der Waals surface area contributed by atoms with E-state index in [0.29, 0.717) is 48.4 Å². The largest absolute Gasteiger partial charge is 2.00 e. The van der Waals surface area contributed by atoms with Gasteiger partial charge in [-0.2, -0.15) is 0 Å². The monoisotopic (exact) mass is 1230 g/mol. The summed E-state index contributed by atoms with van der Waals surface area (Å²) >= 11 is 0. The average molecular weight is 1230 g/mol. The van der Waals surface area contributed by atoms with Crippen molar-refractivity contribution in [3.8, 4) is 23.0 Å². The molecule has 408 valence electrons. The Hall–Kier alpha value is -3.10. The summed E-state index contributed by atoms with van der Waals surface area (Å²) < 4.78 is 67.9. The van der Waals surface area contributed by atoms with Gasteiger partial charge in [-0.3, -0.25) is 20.0 Å². The van der Waals surface area contributed by atoms with Crippen LogP contribution in [0.2, 0.25) is 0 Å². The van der Waals surface area contributed by atoms with Gasteiger partial charge >= 0.3 is 68.3 Å². The SMILES string of the molecule is CC(=NCCNCCNCCN=C(C)c1ccccc1[O-])c1ccccc1[O-].CC(=NCCNCCNCCN=C(C)c1ccccc1[O-])c1ccccc1[O-].[Cu+2].[Cu+2].[Cu+2].[Cu+2].[O-2].[O-][Cl+3]([O-])([O-])[O-].[O-][Cl+3]([O-])([O-])[O-]. The maximum atomic E-state index is 11.7. The number of nitrogens with zero attached hydrogens (tertiary/aromatic N) is 4. The summed E-state index contributed by atoms with van der Waals surface area (Å²) in [7, 11) is -9.89. The minimum Gasteiger partial charge on any atom is -2.00 e. The number of halogens is 2. The number of hydrogen-bond donors (Lipinski definition) is 4. The van der Waals surface area contributed by atoms with Crippen LogP contribution in [0, 0.1) is 20.5 Å². The smallest absolute Gasteiger partial charge is 2.00 e. The second-order valence-corrected chi connectivity index (χ2v) is 15.1. The van der Waals surface area contributed by atoms with Crippen LogP contribution < -0.4 is 79.0 Å². The minimum absolute atomic E-state index is 0. The molecule has 0 fully saturated rings. The molecule has 4 radical (unpaired) electrons. The molecule has 0 saturated heterocycles. The predicted octanol–water partition coefficient (Wildman–Crippen LogP) is -6.98. The zero-order valence-electron chi connectivity index (χ0n) is 38.8. The minimum atomic E-state index is -4.94. The molecule has 0 aliphatic heterocycles. The molecule has 4 rings (SSSR count). The summed E-state index contributed by atoms with van der Waals surface area (Å²) in [4.78, 5) is 17.8. The van der Waals surface area contributed by atoms with E-state index < -0.39 is 20.5 Å². The molecule has 0 unspecified atom stereocenters. The van der Waals surface area contributed by atoms with Gasteiger partial charge < -0.3 is 47.2 Å².